The molecule has 1 rings (SSSR count). The Morgan fingerprint density at radius 1 is 1.26 bits per heavy atom. The summed E-state index contributed by atoms with van der Waals surface area (Å²) >= 11 is 0. The van der Waals surface area contributed by atoms with Crippen LogP contribution in [0.4, 0.5) is 0 Å². The minimum atomic E-state index is 0.171. The van der Waals surface area contributed by atoms with Crippen LogP contribution in [0.5, 0.6) is 11.5 Å². The van der Waals surface area contributed by atoms with Crippen molar-refractivity contribution in [3.8, 4) is 11.5 Å². The quantitative estimate of drug-likeness (QED) is 0.760. The highest BCUT2D eigenvalue weighted by Crippen LogP contribution is 2.29. The van der Waals surface area contributed by atoms with E-state index in [1.54, 1.807) is 20.3 Å². The van der Waals surface area contributed by atoms with Gasteiger partial charge in [-0.25, -0.2) is 0 Å². The molecule has 1 aromatic carbocycles. The average molecular weight is 267 g/mol. The van der Waals surface area contributed by atoms with Crippen molar-refractivity contribution in [3.05, 3.63) is 23.8 Å². The van der Waals surface area contributed by atoms with E-state index in [-0.39, 0.29) is 11.2 Å². The molecule has 0 fully saturated rings. The van der Waals surface area contributed by atoms with E-state index >= 15 is 0 Å². The van der Waals surface area contributed by atoms with Crippen molar-refractivity contribution in [2.45, 2.75) is 26.8 Å². The first-order valence-electron chi connectivity index (χ1n) is 6.54. The van der Waals surface area contributed by atoms with Gasteiger partial charge in [-0.1, -0.05) is 26.0 Å². The lowest BCUT2D eigenvalue weighted by Gasteiger charge is -2.24. The molecule has 4 heteroatoms. The molecule has 0 heterocycles. The molecule has 0 unspecified atom stereocenters. The summed E-state index contributed by atoms with van der Waals surface area (Å²) in [6, 6.07) is 5.53. The molecule has 0 atom stereocenters. The van der Waals surface area contributed by atoms with Gasteiger partial charge in [0.15, 0.2) is 11.5 Å². The molecule has 1 aromatic rings. The lowest BCUT2D eigenvalue weighted by atomic mass is 9.89. The molecule has 0 aliphatic carbocycles. The van der Waals surface area contributed by atoms with Crippen LogP contribution in [0.15, 0.2) is 18.2 Å². The smallest absolute Gasteiger partial charge is 0.162 e. The van der Waals surface area contributed by atoms with Gasteiger partial charge in [-0.2, -0.15) is 0 Å². The molecule has 0 spiro atoms. The summed E-state index contributed by atoms with van der Waals surface area (Å²) in [5, 5.41) is 13.3. The van der Waals surface area contributed by atoms with E-state index in [1.807, 2.05) is 12.1 Å². The van der Waals surface area contributed by atoms with Gasteiger partial charge in [-0.15, -0.1) is 0 Å². The summed E-state index contributed by atoms with van der Waals surface area (Å²) in [5.74, 6) is 0.727. The van der Waals surface area contributed by atoms with Gasteiger partial charge in [-0.05, 0) is 17.9 Å². The molecule has 2 N–H and O–H groups in total. The summed E-state index contributed by atoms with van der Waals surface area (Å²) in [6.07, 6.45) is 1.00. The van der Waals surface area contributed by atoms with E-state index in [2.05, 4.69) is 19.2 Å². The second-order valence-electron chi connectivity index (χ2n) is 5.48. The second-order valence-corrected chi connectivity index (χ2v) is 5.48. The maximum Gasteiger partial charge on any atom is 0.162 e. The van der Waals surface area contributed by atoms with Crippen molar-refractivity contribution in [2.24, 2.45) is 5.41 Å². The molecular formula is C15H25NO3. The van der Waals surface area contributed by atoms with Crippen LogP contribution in [0.1, 0.15) is 25.8 Å². The van der Waals surface area contributed by atoms with E-state index in [0.29, 0.717) is 12.3 Å². The van der Waals surface area contributed by atoms with Crippen molar-refractivity contribution in [3.63, 3.8) is 0 Å². The maximum absolute atomic E-state index is 9.97. The molecule has 0 aromatic heterocycles. The van der Waals surface area contributed by atoms with Crippen LogP contribution in [0.3, 0.4) is 0 Å². The summed E-state index contributed by atoms with van der Waals surface area (Å²) < 4.78 is 10.2. The topological polar surface area (TPSA) is 50.7 Å². The molecule has 0 radical (unpaired) electrons. The third kappa shape index (κ3) is 5.09. The van der Waals surface area contributed by atoms with E-state index < -0.39 is 0 Å². The maximum atomic E-state index is 9.97. The van der Waals surface area contributed by atoms with E-state index in [4.69, 9.17) is 9.47 Å². The predicted molar refractivity (Wildman–Crippen MR) is 76.6 cm³/mol. The Kier molecular flexibility index (Phi) is 6.12. The summed E-state index contributed by atoms with van der Waals surface area (Å²) in [6.45, 7) is 6.65. The molecule has 108 valence electrons. The van der Waals surface area contributed by atoms with Gasteiger partial charge >= 0.3 is 0 Å². The largest absolute Gasteiger partial charge is 0.504 e. The fourth-order valence-electron chi connectivity index (χ4n) is 1.88. The molecule has 0 saturated carbocycles. The van der Waals surface area contributed by atoms with Crippen molar-refractivity contribution in [1.82, 2.24) is 5.32 Å². The van der Waals surface area contributed by atoms with Gasteiger partial charge in [0.1, 0.15) is 0 Å². The van der Waals surface area contributed by atoms with Crippen LogP contribution in [-0.4, -0.2) is 32.5 Å². The highest BCUT2D eigenvalue weighted by atomic mass is 16.5. The number of benzene rings is 1. The third-order valence-corrected chi connectivity index (χ3v) is 3.20. The van der Waals surface area contributed by atoms with Crippen molar-refractivity contribution in [1.29, 1.82) is 0 Å². The van der Waals surface area contributed by atoms with E-state index in [9.17, 15) is 5.11 Å². The van der Waals surface area contributed by atoms with E-state index in [0.717, 1.165) is 25.1 Å². The molecule has 0 amide bonds. The molecule has 0 aliphatic heterocycles. The minimum absolute atomic E-state index is 0.171. The molecule has 0 bridgehead atoms. The first-order valence-corrected chi connectivity index (χ1v) is 6.54. The normalized spacial score (nSPS) is 11.6. The van der Waals surface area contributed by atoms with Gasteiger partial charge in [-0.3, -0.25) is 0 Å². The van der Waals surface area contributed by atoms with Crippen molar-refractivity contribution < 1.29 is 14.6 Å². The monoisotopic (exact) mass is 267 g/mol. The van der Waals surface area contributed by atoms with Crippen LogP contribution in [0.2, 0.25) is 0 Å². The number of rotatable bonds is 8. The highest BCUT2D eigenvalue weighted by molar-refractivity contribution is 5.45. The second kappa shape index (κ2) is 7.36. The zero-order valence-electron chi connectivity index (χ0n) is 12.3. The number of para-hydroxylation sites is 1. The van der Waals surface area contributed by atoms with Crippen LogP contribution >= 0.6 is 0 Å². The Bertz CT molecular complexity index is 391. The molecular weight excluding hydrogens is 242 g/mol. The highest BCUT2D eigenvalue weighted by Gasteiger charge is 2.17. The third-order valence-electron chi connectivity index (χ3n) is 3.20. The molecule has 4 nitrogen and oxygen atoms in total. The van der Waals surface area contributed by atoms with Gasteiger partial charge in [0, 0.05) is 32.4 Å². The van der Waals surface area contributed by atoms with Gasteiger partial charge in [0.05, 0.1) is 7.11 Å². The summed E-state index contributed by atoms with van der Waals surface area (Å²) in [4.78, 5) is 0. The fourth-order valence-corrected chi connectivity index (χ4v) is 1.88. The van der Waals surface area contributed by atoms with E-state index in [1.165, 1.54) is 0 Å². The first kappa shape index (κ1) is 15.8. The summed E-state index contributed by atoms with van der Waals surface area (Å²) in [5.41, 5.74) is 1.02. The first-order chi connectivity index (χ1) is 9.00. The number of methoxy groups -OCH3 is 2. The Labute approximate surface area is 115 Å². The number of phenols is 1. The number of hydrogen-bond donors (Lipinski definition) is 2. The average Bonchev–Trinajstić information content (AvgIpc) is 2.38. The number of hydrogen-bond acceptors (Lipinski definition) is 4. The Balaban J connectivity index is 2.49. The van der Waals surface area contributed by atoms with Gasteiger partial charge in [0.2, 0.25) is 0 Å². The van der Waals surface area contributed by atoms with Crippen LogP contribution in [-0.2, 0) is 11.3 Å². The standard InChI is InChI=1S/C15H25NO3/c1-15(2,8-9-18-3)11-16-10-12-6-5-7-13(19-4)14(12)17/h5-7,16-17H,8-11H2,1-4H3. The molecule has 19 heavy (non-hydrogen) atoms. The van der Waals surface area contributed by atoms with Crippen molar-refractivity contribution >= 4 is 0 Å². The summed E-state index contributed by atoms with van der Waals surface area (Å²) in [7, 11) is 3.28. The van der Waals surface area contributed by atoms with Gasteiger partial charge < -0.3 is 19.9 Å². The van der Waals surface area contributed by atoms with Crippen LogP contribution in [0.25, 0.3) is 0 Å². The minimum Gasteiger partial charge on any atom is -0.504 e. The zero-order valence-corrected chi connectivity index (χ0v) is 12.3. The fraction of sp³-hybridized carbons (Fsp3) is 0.600. The van der Waals surface area contributed by atoms with Crippen LogP contribution < -0.4 is 10.1 Å². The zero-order chi connectivity index (χ0) is 14.3. The Morgan fingerprint density at radius 3 is 2.63 bits per heavy atom. The van der Waals surface area contributed by atoms with Crippen LogP contribution in [0, 0.1) is 5.41 Å². The predicted octanol–water partition coefficient (Wildman–Crippen LogP) is 2.55. The van der Waals surface area contributed by atoms with Gasteiger partial charge in [0.25, 0.3) is 0 Å². The molecule has 0 saturated heterocycles. The Morgan fingerprint density at radius 2 is 2.00 bits per heavy atom. The number of phenolic OH excluding ortho intramolecular Hbond substituents is 1. The SMILES string of the molecule is COCCC(C)(C)CNCc1cccc(OC)c1O. The Hall–Kier alpha value is -1.26. The lowest BCUT2D eigenvalue weighted by molar-refractivity contribution is 0.150. The van der Waals surface area contributed by atoms with Crippen molar-refractivity contribution in [2.75, 3.05) is 27.4 Å². The number of ether oxygens (including phenoxy) is 2. The number of nitrogens with one attached hydrogen (secondary N) is 1. The lowest BCUT2D eigenvalue weighted by Crippen LogP contribution is -2.30. The number of aromatic hydroxyl groups is 1. The molecule has 0 aliphatic rings.